The van der Waals surface area contributed by atoms with Crippen molar-refractivity contribution in [3.63, 3.8) is 0 Å². The number of likely N-dealkylation sites (tertiary alicyclic amines) is 1. The van der Waals surface area contributed by atoms with E-state index in [0.717, 1.165) is 37.8 Å². The lowest BCUT2D eigenvalue weighted by Crippen LogP contribution is -2.50. The Morgan fingerprint density at radius 2 is 1.90 bits per heavy atom. The highest BCUT2D eigenvalue weighted by atomic mass is 32.2. The molecule has 0 radical (unpaired) electrons. The third-order valence-corrected chi connectivity index (χ3v) is 7.92. The van der Waals surface area contributed by atoms with Gasteiger partial charge in [-0.05, 0) is 56.3 Å². The minimum atomic E-state index is -3.44. The lowest BCUT2D eigenvalue weighted by molar-refractivity contribution is -0.122. The van der Waals surface area contributed by atoms with E-state index >= 15 is 0 Å². The summed E-state index contributed by atoms with van der Waals surface area (Å²) in [6.07, 6.45) is 4.38. The highest BCUT2D eigenvalue weighted by molar-refractivity contribution is 7.89. The fourth-order valence-corrected chi connectivity index (χ4v) is 6.17. The molecule has 2 fully saturated rings. The zero-order chi connectivity index (χ0) is 21.7. The summed E-state index contributed by atoms with van der Waals surface area (Å²) in [6, 6.07) is 6.56. The van der Waals surface area contributed by atoms with Gasteiger partial charge in [0.1, 0.15) is 6.04 Å². The molecule has 0 aliphatic carbocycles. The molecule has 8 nitrogen and oxygen atoms in total. The second-order valence-corrected chi connectivity index (χ2v) is 10.2. The van der Waals surface area contributed by atoms with Gasteiger partial charge in [-0.25, -0.2) is 8.42 Å². The van der Waals surface area contributed by atoms with E-state index < -0.39 is 16.1 Å². The summed E-state index contributed by atoms with van der Waals surface area (Å²) >= 11 is 0. The van der Waals surface area contributed by atoms with Crippen LogP contribution in [0.5, 0.6) is 0 Å². The van der Waals surface area contributed by atoms with Gasteiger partial charge < -0.3 is 11.1 Å². The van der Waals surface area contributed by atoms with Crippen molar-refractivity contribution in [1.29, 1.82) is 0 Å². The number of hydrogen-bond acceptors (Lipinski definition) is 5. The van der Waals surface area contributed by atoms with Crippen LogP contribution in [0.2, 0.25) is 0 Å². The second-order valence-electron chi connectivity index (χ2n) is 8.16. The van der Waals surface area contributed by atoms with Crippen molar-refractivity contribution < 1.29 is 18.0 Å². The van der Waals surface area contributed by atoms with Crippen LogP contribution in [0, 0.1) is 0 Å². The zero-order valence-corrected chi connectivity index (χ0v) is 18.4. The van der Waals surface area contributed by atoms with E-state index in [2.05, 4.69) is 10.2 Å². The molecule has 2 unspecified atom stereocenters. The monoisotopic (exact) mass is 436 g/mol. The molecule has 2 saturated heterocycles. The first kappa shape index (κ1) is 22.7. The summed E-state index contributed by atoms with van der Waals surface area (Å²) in [5.74, 6) is -0.534. The SMILES string of the molecule is CCCS(=O)(=O)N1CCCCC1C(=O)Nc1cccc(CN2CCCC2C(N)=O)c1. The molecule has 0 aromatic heterocycles. The Morgan fingerprint density at radius 3 is 2.63 bits per heavy atom. The fraction of sp³-hybridized carbons (Fsp3) is 0.619. The lowest BCUT2D eigenvalue weighted by Gasteiger charge is -2.33. The summed E-state index contributed by atoms with van der Waals surface area (Å²) < 4.78 is 26.6. The van der Waals surface area contributed by atoms with Gasteiger partial charge in [0, 0.05) is 18.8 Å². The largest absolute Gasteiger partial charge is 0.368 e. The first-order valence-electron chi connectivity index (χ1n) is 10.7. The van der Waals surface area contributed by atoms with Gasteiger partial charge in [0.2, 0.25) is 21.8 Å². The Hall–Kier alpha value is -1.97. The van der Waals surface area contributed by atoms with E-state index in [1.807, 2.05) is 25.1 Å². The van der Waals surface area contributed by atoms with Crippen molar-refractivity contribution in [2.75, 3.05) is 24.2 Å². The number of rotatable bonds is 8. The number of primary amides is 1. The molecule has 0 spiro atoms. The Labute approximate surface area is 178 Å². The van der Waals surface area contributed by atoms with E-state index in [1.54, 1.807) is 6.07 Å². The minimum absolute atomic E-state index is 0.0587. The van der Waals surface area contributed by atoms with E-state index in [1.165, 1.54) is 4.31 Å². The van der Waals surface area contributed by atoms with Crippen LogP contribution < -0.4 is 11.1 Å². The Kier molecular flexibility index (Phi) is 7.49. The maximum absolute atomic E-state index is 12.9. The summed E-state index contributed by atoms with van der Waals surface area (Å²) in [5, 5.41) is 2.90. The van der Waals surface area contributed by atoms with Gasteiger partial charge in [0.15, 0.2) is 0 Å². The molecule has 3 N–H and O–H groups in total. The second kappa shape index (κ2) is 9.89. The van der Waals surface area contributed by atoms with Crippen molar-refractivity contribution >= 4 is 27.5 Å². The Bertz CT molecular complexity index is 874. The normalized spacial score (nSPS) is 23.4. The standard InChI is InChI=1S/C21H32N4O4S/c1-2-13-30(28,29)25-12-4-3-9-19(25)21(27)23-17-8-5-7-16(14-17)15-24-11-6-10-18(24)20(22)26/h5,7-8,14,18-19H,2-4,6,9-13,15H2,1H3,(H2,22,26)(H,23,27). The third kappa shape index (κ3) is 5.39. The molecule has 2 aliphatic rings. The van der Waals surface area contributed by atoms with Crippen LogP contribution in [-0.2, 0) is 26.2 Å². The number of anilines is 1. The average Bonchev–Trinajstić information content (AvgIpc) is 3.16. The summed E-state index contributed by atoms with van der Waals surface area (Å²) in [7, 11) is -3.44. The Balaban J connectivity index is 1.69. The molecule has 0 bridgehead atoms. The van der Waals surface area contributed by atoms with Crippen molar-refractivity contribution in [2.24, 2.45) is 5.73 Å². The van der Waals surface area contributed by atoms with Gasteiger partial charge in [-0.1, -0.05) is 25.5 Å². The van der Waals surface area contributed by atoms with Crippen molar-refractivity contribution in [1.82, 2.24) is 9.21 Å². The molecule has 0 saturated carbocycles. The fourth-order valence-electron chi connectivity index (χ4n) is 4.42. The number of nitrogens with one attached hydrogen (secondary N) is 1. The number of carbonyl (C=O) groups excluding carboxylic acids is 2. The van der Waals surface area contributed by atoms with E-state index in [0.29, 0.717) is 31.6 Å². The quantitative estimate of drug-likeness (QED) is 0.644. The average molecular weight is 437 g/mol. The van der Waals surface area contributed by atoms with Crippen LogP contribution in [0.1, 0.15) is 51.0 Å². The van der Waals surface area contributed by atoms with E-state index in [4.69, 9.17) is 5.73 Å². The molecule has 9 heteroatoms. The maximum atomic E-state index is 12.9. The molecule has 30 heavy (non-hydrogen) atoms. The predicted octanol–water partition coefficient (Wildman–Crippen LogP) is 1.67. The first-order valence-corrected chi connectivity index (χ1v) is 12.4. The van der Waals surface area contributed by atoms with Crippen LogP contribution in [0.15, 0.2) is 24.3 Å². The molecule has 2 amide bonds. The molecule has 2 aliphatic heterocycles. The van der Waals surface area contributed by atoms with E-state index in [-0.39, 0.29) is 23.6 Å². The van der Waals surface area contributed by atoms with Crippen LogP contribution >= 0.6 is 0 Å². The highest BCUT2D eigenvalue weighted by Crippen LogP contribution is 2.24. The molecule has 2 atom stereocenters. The molecule has 1 aromatic rings. The summed E-state index contributed by atoms with van der Waals surface area (Å²) in [5.41, 5.74) is 7.10. The number of amides is 2. The highest BCUT2D eigenvalue weighted by Gasteiger charge is 2.36. The third-order valence-electron chi connectivity index (χ3n) is 5.85. The van der Waals surface area contributed by atoms with Gasteiger partial charge in [-0.2, -0.15) is 4.31 Å². The molecule has 2 heterocycles. The number of nitrogens with two attached hydrogens (primary N) is 1. The summed E-state index contributed by atoms with van der Waals surface area (Å²) in [4.78, 5) is 26.6. The smallest absolute Gasteiger partial charge is 0.242 e. The van der Waals surface area contributed by atoms with Crippen molar-refractivity contribution in [3.05, 3.63) is 29.8 Å². The number of benzene rings is 1. The van der Waals surface area contributed by atoms with E-state index in [9.17, 15) is 18.0 Å². The van der Waals surface area contributed by atoms with Crippen molar-refractivity contribution in [3.8, 4) is 0 Å². The number of carbonyl (C=O) groups is 2. The molecule has 1 aromatic carbocycles. The Morgan fingerprint density at radius 1 is 1.13 bits per heavy atom. The van der Waals surface area contributed by atoms with Gasteiger partial charge >= 0.3 is 0 Å². The van der Waals surface area contributed by atoms with Crippen LogP contribution in [0.25, 0.3) is 0 Å². The predicted molar refractivity (Wildman–Crippen MR) is 116 cm³/mol. The maximum Gasteiger partial charge on any atom is 0.242 e. The van der Waals surface area contributed by atoms with Gasteiger partial charge in [-0.3, -0.25) is 14.5 Å². The minimum Gasteiger partial charge on any atom is -0.368 e. The topological polar surface area (TPSA) is 113 Å². The molecular formula is C21H32N4O4S. The molecule has 3 rings (SSSR count). The van der Waals surface area contributed by atoms with Crippen molar-refractivity contribution in [2.45, 2.75) is 64.1 Å². The molecular weight excluding hydrogens is 404 g/mol. The molecule has 166 valence electrons. The van der Waals surface area contributed by atoms with Gasteiger partial charge in [0.05, 0.1) is 11.8 Å². The van der Waals surface area contributed by atoms with Crippen LogP contribution in [0.3, 0.4) is 0 Å². The van der Waals surface area contributed by atoms with Gasteiger partial charge in [-0.15, -0.1) is 0 Å². The zero-order valence-electron chi connectivity index (χ0n) is 17.5. The first-order chi connectivity index (χ1) is 14.3. The van der Waals surface area contributed by atoms with Crippen LogP contribution in [0.4, 0.5) is 5.69 Å². The number of piperidine rings is 1. The van der Waals surface area contributed by atoms with Crippen LogP contribution in [-0.4, -0.2) is 60.4 Å². The number of sulfonamides is 1. The number of nitrogens with zero attached hydrogens (tertiary/aromatic N) is 2. The lowest BCUT2D eigenvalue weighted by atomic mass is 10.0. The number of hydrogen-bond donors (Lipinski definition) is 2. The van der Waals surface area contributed by atoms with Gasteiger partial charge in [0.25, 0.3) is 0 Å². The summed E-state index contributed by atoms with van der Waals surface area (Å²) in [6.45, 7) is 3.61.